The van der Waals surface area contributed by atoms with Crippen LogP contribution >= 0.6 is 0 Å². The number of halogens is 2. The zero-order valence-electron chi connectivity index (χ0n) is 18.6. The smallest absolute Gasteiger partial charge is 0.229 e. The lowest BCUT2D eigenvalue weighted by atomic mass is 9.96. The number of pyridine rings is 2. The largest absolute Gasteiger partial charge is 0.336 e. The van der Waals surface area contributed by atoms with Crippen molar-refractivity contribution in [3.05, 3.63) is 42.6 Å². The number of rotatable bonds is 7. The predicted octanol–water partition coefficient (Wildman–Crippen LogP) is 2.99. The zero-order valence-corrected chi connectivity index (χ0v) is 18.6. The van der Waals surface area contributed by atoms with E-state index in [0.29, 0.717) is 5.69 Å². The molecule has 2 fully saturated rings. The average molecular weight is 455 g/mol. The second-order valence-corrected chi connectivity index (χ2v) is 9.20. The highest BCUT2D eigenvalue weighted by molar-refractivity contribution is 5.85. The van der Waals surface area contributed by atoms with Gasteiger partial charge in [-0.25, -0.2) is 8.78 Å². The number of nitrogens with one attached hydrogen (secondary N) is 1. The molecule has 1 N–H and O–H groups in total. The van der Waals surface area contributed by atoms with Crippen LogP contribution in [0.25, 0.3) is 22.0 Å². The summed E-state index contributed by atoms with van der Waals surface area (Å²) in [7, 11) is 1.87. The Labute approximate surface area is 191 Å². The van der Waals surface area contributed by atoms with Crippen LogP contribution in [0.1, 0.15) is 31.4 Å². The lowest BCUT2D eigenvalue weighted by Crippen LogP contribution is -2.54. The van der Waals surface area contributed by atoms with E-state index in [4.69, 9.17) is 0 Å². The molecule has 5 heterocycles. The summed E-state index contributed by atoms with van der Waals surface area (Å²) in [5.41, 5.74) is 3.44. The quantitative estimate of drug-likeness (QED) is 0.594. The molecule has 33 heavy (non-hydrogen) atoms. The number of hydrogen-bond acceptors (Lipinski definition) is 5. The standard InChI is InChI=1S/C24H28F2N6O/c1-31-14-17(12-29-31)16-4-15-5-18(27-13-23(15)28-11-16)8-24(33)32-21-2-3-22(32)7-19(6-21)30-20(9-25)10-26/h4-5,11-14,19-22,30H,2-3,6-10H2,1H3/t19?,21-,22+. The van der Waals surface area contributed by atoms with Crippen LogP contribution in [0.5, 0.6) is 0 Å². The summed E-state index contributed by atoms with van der Waals surface area (Å²) in [5.74, 6) is 0.0664. The molecule has 0 radical (unpaired) electrons. The van der Waals surface area contributed by atoms with Gasteiger partial charge in [-0.05, 0) is 37.8 Å². The van der Waals surface area contributed by atoms with E-state index in [0.717, 1.165) is 47.7 Å². The van der Waals surface area contributed by atoms with E-state index in [1.807, 2.05) is 30.3 Å². The maximum absolute atomic E-state index is 13.2. The van der Waals surface area contributed by atoms with Gasteiger partial charge in [0.05, 0.1) is 36.1 Å². The molecule has 0 aliphatic carbocycles. The van der Waals surface area contributed by atoms with Gasteiger partial charge in [0.15, 0.2) is 0 Å². The van der Waals surface area contributed by atoms with Crippen LogP contribution < -0.4 is 5.32 Å². The first-order valence-electron chi connectivity index (χ1n) is 11.5. The molecule has 0 aromatic carbocycles. The fourth-order valence-corrected chi connectivity index (χ4v) is 5.33. The SMILES string of the molecule is Cn1cc(-c2cnc3cnc(CC(=O)N4[C@@H]5CC[C@H]4CC(NC(CF)CF)C5)cc3c2)cn1. The number of piperidine rings is 1. The molecule has 1 amide bonds. The van der Waals surface area contributed by atoms with Gasteiger partial charge in [-0.1, -0.05) is 0 Å². The van der Waals surface area contributed by atoms with Crippen LogP contribution in [0, 0.1) is 0 Å². The Bertz CT molecular complexity index is 1130. The summed E-state index contributed by atoms with van der Waals surface area (Å²) in [4.78, 5) is 24.2. The second kappa shape index (κ2) is 9.13. The lowest BCUT2D eigenvalue weighted by molar-refractivity contribution is -0.135. The summed E-state index contributed by atoms with van der Waals surface area (Å²) >= 11 is 0. The van der Waals surface area contributed by atoms with Crippen molar-refractivity contribution in [3.8, 4) is 11.1 Å². The Kier molecular flexibility index (Phi) is 6.05. The van der Waals surface area contributed by atoms with Crippen LogP contribution in [0.3, 0.4) is 0 Å². The van der Waals surface area contributed by atoms with Crippen molar-refractivity contribution in [1.82, 2.24) is 30.0 Å². The Hall–Kier alpha value is -2.94. The van der Waals surface area contributed by atoms with Gasteiger partial charge in [-0.15, -0.1) is 0 Å². The van der Waals surface area contributed by atoms with Gasteiger partial charge in [-0.2, -0.15) is 5.10 Å². The van der Waals surface area contributed by atoms with E-state index >= 15 is 0 Å². The highest BCUT2D eigenvalue weighted by atomic mass is 19.1. The van der Waals surface area contributed by atoms with E-state index in [1.165, 1.54) is 0 Å². The van der Waals surface area contributed by atoms with E-state index in [1.54, 1.807) is 23.3 Å². The van der Waals surface area contributed by atoms with E-state index in [2.05, 4.69) is 20.4 Å². The number of fused-ring (bicyclic) bond motifs is 3. The van der Waals surface area contributed by atoms with Gasteiger partial charge in [0.2, 0.25) is 5.91 Å². The summed E-state index contributed by atoms with van der Waals surface area (Å²) in [6.45, 7) is -1.42. The van der Waals surface area contributed by atoms with Gasteiger partial charge >= 0.3 is 0 Å². The third-order valence-electron chi connectivity index (χ3n) is 6.86. The van der Waals surface area contributed by atoms with Crippen molar-refractivity contribution in [2.75, 3.05) is 13.3 Å². The number of alkyl halides is 2. The van der Waals surface area contributed by atoms with Crippen LogP contribution in [0.4, 0.5) is 8.78 Å². The van der Waals surface area contributed by atoms with Crippen LogP contribution in [0.15, 0.2) is 36.9 Å². The average Bonchev–Trinajstić information content (AvgIpc) is 3.37. The third-order valence-corrected chi connectivity index (χ3v) is 6.86. The molecule has 3 atom stereocenters. The second-order valence-electron chi connectivity index (χ2n) is 9.20. The molecule has 2 aliphatic heterocycles. The number of aromatic nitrogens is 4. The molecule has 7 nitrogen and oxygen atoms in total. The topological polar surface area (TPSA) is 75.9 Å². The van der Waals surface area contributed by atoms with Crippen LogP contribution in [-0.4, -0.2) is 68.1 Å². The summed E-state index contributed by atoms with van der Waals surface area (Å²) in [6.07, 6.45) is 10.8. The molecule has 2 aliphatic rings. The molecule has 9 heteroatoms. The number of hydrogen-bond donors (Lipinski definition) is 1. The van der Waals surface area contributed by atoms with Gasteiger partial charge in [-0.3, -0.25) is 19.4 Å². The van der Waals surface area contributed by atoms with Crippen molar-refractivity contribution in [3.63, 3.8) is 0 Å². The van der Waals surface area contributed by atoms with E-state index < -0.39 is 19.4 Å². The molecule has 3 aromatic rings. The number of aryl methyl sites for hydroxylation is 1. The van der Waals surface area contributed by atoms with Crippen molar-refractivity contribution in [2.45, 2.75) is 56.3 Å². The molecule has 0 saturated carbocycles. The normalized spacial score (nSPS) is 22.4. The first-order valence-corrected chi connectivity index (χ1v) is 11.5. The van der Waals surface area contributed by atoms with Gasteiger partial charge in [0.1, 0.15) is 13.3 Å². The van der Waals surface area contributed by atoms with Crippen LogP contribution in [0.2, 0.25) is 0 Å². The van der Waals surface area contributed by atoms with Crippen LogP contribution in [-0.2, 0) is 18.3 Å². The minimum absolute atomic E-state index is 0.0545. The summed E-state index contributed by atoms with van der Waals surface area (Å²) in [5, 5.41) is 8.24. The molecule has 174 valence electrons. The molecule has 3 aromatic heterocycles. The Morgan fingerprint density at radius 2 is 1.85 bits per heavy atom. The predicted molar refractivity (Wildman–Crippen MR) is 121 cm³/mol. The zero-order chi connectivity index (χ0) is 22.9. The third kappa shape index (κ3) is 4.46. The van der Waals surface area contributed by atoms with Gasteiger partial charge in [0, 0.05) is 54.1 Å². The molecular weight excluding hydrogens is 426 g/mol. The Balaban J connectivity index is 1.29. The number of carbonyl (C=O) groups excluding carboxylic acids is 1. The molecule has 5 rings (SSSR count). The number of carbonyl (C=O) groups is 1. The van der Waals surface area contributed by atoms with Crippen molar-refractivity contribution in [1.29, 1.82) is 0 Å². The Morgan fingerprint density at radius 1 is 1.09 bits per heavy atom. The van der Waals surface area contributed by atoms with E-state index in [-0.39, 0.29) is 30.5 Å². The highest BCUT2D eigenvalue weighted by Gasteiger charge is 2.43. The minimum Gasteiger partial charge on any atom is -0.336 e. The molecule has 1 unspecified atom stereocenters. The fourth-order valence-electron chi connectivity index (χ4n) is 5.33. The first-order chi connectivity index (χ1) is 16.0. The fraction of sp³-hybridized carbons (Fsp3) is 0.500. The first kappa shape index (κ1) is 21.9. The molecule has 2 bridgehead atoms. The maximum atomic E-state index is 13.2. The van der Waals surface area contributed by atoms with Gasteiger partial charge < -0.3 is 10.2 Å². The number of nitrogens with zero attached hydrogens (tertiary/aromatic N) is 5. The lowest BCUT2D eigenvalue weighted by Gasteiger charge is -2.40. The molecule has 2 saturated heterocycles. The van der Waals surface area contributed by atoms with Crippen molar-refractivity contribution >= 4 is 16.8 Å². The highest BCUT2D eigenvalue weighted by Crippen LogP contribution is 2.36. The van der Waals surface area contributed by atoms with Gasteiger partial charge in [0.25, 0.3) is 0 Å². The molecule has 0 spiro atoms. The Morgan fingerprint density at radius 3 is 2.52 bits per heavy atom. The van der Waals surface area contributed by atoms with E-state index in [9.17, 15) is 13.6 Å². The van der Waals surface area contributed by atoms with Crippen molar-refractivity contribution in [2.24, 2.45) is 7.05 Å². The monoisotopic (exact) mass is 454 g/mol. The summed E-state index contributed by atoms with van der Waals surface area (Å²) in [6, 6.07) is 3.52. The maximum Gasteiger partial charge on any atom is 0.229 e. The summed E-state index contributed by atoms with van der Waals surface area (Å²) < 4.78 is 27.6. The van der Waals surface area contributed by atoms with Crippen molar-refractivity contribution < 1.29 is 13.6 Å². The minimum atomic E-state index is -0.747. The number of amides is 1. The molecular formula is C24H28F2N6O.